The highest BCUT2D eigenvalue weighted by Crippen LogP contribution is 2.42. The third-order valence-corrected chi connectivity index (χ3v) is 6.04. The van der Waals surface area contributed by atoms with E-state index in [9.17, 15) is 19.8 Å². The van der Waals surface area contributed by atoms with Gasteiger partial charge in [-0.1, -0.05) is 31.5 Å². The van der Waals surface area contributed by atoms with Gasteiger partial charge in [0, 0.05) is 24.5 Å². The maximum Gasteiger partial charge on any atom is 0.295 e. The van der Waals surface area contributed by atoms with Crippen LogP contribution in [0.15, 0.2) is 72.6 Å². The summed E-state index contributed by atoms with van der Waals surface area (Å²) in [4.78, 5) is 31.9. The normalized spacial score (nSPS) is 16.8. The van der Waals surface area contributed by atoms with Crippen LogP contribution in [0.5, 0.6) is 17.2 Å². The van der Waals surface area contributed by atoms with E-state index < -0.39 is 17.7 Å². The van der Waals surface area contributed by atoms with Crippen molar-refractivity contribution in [1.82, 2.24) is 9.88 Å². The number of hydrogen-bond acceptors (Lipinski definition) is 7. The van der Waals surface area contributed by atoms with Crippen LogP contribution < -0.4 is 9.47 Å². The van der Waals surface area contributed by atoms with E-state index in [1.807, 2.05) is 0 Å². The molecule has 2 aromatic carbocycles. The lowest BCUT2D eigenvalue weighted by Gasteiger charge is -2.26. The molecule has 2 N–H and O–H groups in total. The largest absolute Gasteiger partial charge is 0.507 e. The minimum atomic E-state index is -0.905. The molecular weight excluding hydrogens is 460 g/mol. The molecule has 1 fully saturated rings. The number of ketones is 1. The monoisotopic (exact) mass is 488 g/mol. The second kappa shape index (κ2) is 10.9. The summed E-state index contributed by atoms with van der Waals surface area (Å²) in [5.41, 5.74) is 1.60. The molecule has 1 saturated heterocycles. The van der Waals surface area contributed by atoms with Crippen molar-refractivity contribution in [2.24, 2.45) is 0 Å². The minimum absolute atomic E-state index is 0.0486. The number of nitrogens with zero attached hydrogens (tertiary/aromatic N) is 2. The van der Waals surface area contributed by atoms with Gasteiger partial charge < -0.3 is 24.6 Å². The van der Waals surface area contributed by atoms with Crippen molar-refractivity contribution in [3.8, 4) is 17.2 Å². The van der Waals surface area contributed by atoms with Crippen molar-refractivity contribution in [2.45, 2.75) is 32.4 Å². The first-order valence-corrected chi connectivity index (χ1v) is 11.7. The average Bonchev–Trinajstić information content (AvgIpc) is 3.14. The lowest BCUT2D eigenvalue weighted by Crippen LogP contribution is -2.29. The molecule has 186 valence electrons. The molecule has 0 saturated carbocycles. The average molecular weight is 489 g/mol. The third-order valence-electron chi connectivity index (χ3n) is 6.04. The van der Waals surface area contributed by atoms with Gasteiger partial charge in [0.05, 0.1) is 25.3 Å². The highest BCUT2D eigenvalue weighted by molar-refractivity contribution is 6.46. The molecular formula is C28H28N2O6. The van der Waals surface area contributed by atoms with Crippen molar-refractivity contribution in [3.05, 3.63) is 89.3 Å². The van der Waals surface area contributed by atoms with Gasteiger partial charge >= 0.3 is 0 Å². The van der Waals surface area contributed by atoms with E-state index >= 15 is 0 Å². The van der Waals surface area contributed by atoms with Gasteiger partial charge in [0.2, 0.25) is 0 Å². The van der Waals surface area contributed by atoms with Crippen molar-refractivity contribution in [1.29, 1.82) is 0 Å². The molecule has 8 heteroatoms. The Hall–Kier alpha value is -4.33. The van der Waals surface area contributed by atoms with Crippen LogP contribution >= 0.6 is 0 Å². The number of aromatic nitrogens is 1. The lowest BCUT2D eigenvalue weighted by atomic mass is 9.94. The first kappa shape index (κ1) is 24.8. The van der Waals surface area contributed by atoms with Crippen molar-refractivity contribution in [2.75, 3.05) is 13.7 Å². The number of aromatic hydroxyl groups is 1. The molecule has 1 atom stereocenters. The van der Waals surface area contributed by atoms with Gasteiger partial charge in [-0.15, -0.1) is 0 Å². The molecule has 4 rings (SSSR count). The van der Waals surface area contributed by atoms with Crippen LogP contribution in [0.3, 0.4) is 0 Å². The second-order valence-corrected chi connectivity index (χ2v) is 8.44. The molecule has 0 bridgehead atoms. The van der Waals surface area contributed by atoms with Crippen molar-refractivity contribution in [3.63, 3.8) is 0 Å². The number of likely N-dealkylation sites (tertiary alicyclic amines) is 1. The van der Waals surface area contributed by atoms with E-state index in [0.717, 1.165) is 18.4 Å². The van der Waals surface area contributed by atoms with Crippen molar-refractivity contribution < 1.29 is 29.3 Å². The molecule has 3 aromatic rings. The number of unbranched alkanes of at least 4 members (excludes halogenated alkanes) is 1. The summed E-state index contributed by atoms with van der Waals surface area (Å²) in [6, 6.07) is 14.0. The van der Waals surface area contributed by atoms with Crippen LogP contribution in [-0.4, -0.2) is 45.5 Å². The van der Waals surface area contributed by atoms with Crippen molar-refractivity contribution >= 4 is 17.4 Å². The van der Waals surface area contributed by atoms with Gasteiger partial charge in [-0.05, 0) is 53.9 Å². The van der Waals surface area contributed by atoms with Gasteiger partial charge in [-0.3, -0.25) is 14.6 Å². The molecule has 2 heterocycles. The van der Waals surface area contributed by atoms with Crippen LogP contribution in [0.2, 0.25) is 0 Å². The molecule has 36 heavy (non-hydrogen) atoms. The number of aliphatic hydroxyl groups is 1. The van der Waals surface area contributed by atoms with E-state index in [-0.39, 0.29) is 29.4 Å². The summed E-state index contributed by atoms with van der Waals surface area (Å²) in [5, 5.41) is 21.4. The van der Waals surface area contributed by atoms with Crippen LogP contribution in [0.1, 0.15) is 42.5 Å². The Labute approximate surface area is 209 Å². The number of hydrogen-bond donors (Lipinski definition) is 2. The number of aliphatic hydroxyl groups excluding tert-OH is 1. The number of carbonyl (C=O) groups excluding carboxylic acids is 2. The fourth-order valence-corrected chi connectivity index (χ4v) is 4.16. The lowest BCUT2D eigenvalue weighted by molar-refractivity contribution is -0.140. The topological polar surface area (TPSA) is 109 Å². The predicted molar refractivity (Wildman–Crippen MR) is 134 cm³/mol. The van der Waals surface area contributed by atoms with E-state index in [2.05, 4.69) is 11.9 Å². The number of amides is 1. The van der Waals surface area contributed by atoms with Crippen LogP contribution in [0, 0.1) is 0 Å². The van der Waals surface area contributed by atoms with Gasteiger partial charge in [0.15, 0.2) is 11.5 Å². The maximum atomic E-state index is 13.3. The van der Waals surface area contributed by atoms with E-state index in [4.69, 9.17) is 9.47 Å². The molecule has 0 aliphatic carbocycles. The number of ether oxygens (including phenoxy) is 2. The number of pyridine rings is 1. The molecule has 1 aliphatic rings. The number of phenolic OH excluding ortho intramolecular Hbond substituents is 1. The minimum Gasteiger partial charge on any atom is -0.507 e. The molecule has 0 radical (unpaired) electrons. The Morgan fingerprint density at radius 1 is 1.08 bits per heavy atom. The summed E-state index contributed by atoms with van der Waals surface area (Å²) in [5.74, 6) is -1.17. The van der Waals surface area contributed by atoms with Crippen LogP contribution in [0.4, 0.5) is 0 Å². The van der Waals surface area contributed by atoms with Gasteiger partial charge in [-0.25, -0.2) is 0 Å². The zero-order valence-electron chi connectivity index (χ0n) is 20.2. The number of rotatable bonds is 9. The van der Waals surface area contributed by atoms with E-state index in [1.54, 1.807) is 60.9 Å². The number of Topliss-reactive ketones (excluding diaryl/α,β-unsaturated/α-hetero) is 1. The third kappa shape index (κ3) is 5.02. The zero-order valence-corrected chi connectivity index (χ0v) is 20.2. The summed E-state index contributed by atoms with van der Waals surface area (Å²) in [6.45, 7) is 2.72. The van der Waals surface area contributed by atoms with Gasteiger partial charge in [0.25, 0.3) is 11.7 Å². The Balaban J connectivity index is 1.82. The van der Waals surface area contributed by atoms with E-state index in [1.165, 1.54) is 18.1 Å². The summed E-state index contributed by atoms with van der Waals surface area (Å²) in [6.07, 6.45) is 5.08. The fourth-order valence-electron chi connectivity index (χ4n) is 4.16. The van der Waals surface area contributed by atoms with Gasteiger partial charge in [-0.2, -0.15) is 0 Å². The number of methoxy groups -OCH3 is 1. The van der Waals surface area contributed by atoms with Crippen LogP contribution in [0.25, 0.3) is 5.76 Å². The van der Waals surface area contributed by atoms with E-state index in [0.29, 0.717) is 23.5 Å². The zero-order chi connectivity index (χ0) is 25.7. The number of benzene rings is 2. The maximum absolute atomic E-state index is 13.3. The quantitative estimate of drug-likeness (QED) is 0.196. The SMILES string of the molecule is CCCCOc1cccc(/C(O)=C2\C(=O)C(=O)N(Cc3ccncc3)C2c2ccc(O)c(OC)c2)c1. The Morgan fingerprint density at radius 2 is 1.86 bits per heavy atom. The first-order chi connectivity index (χ1) is 17.4. The Bertz CT molecular complexity index is 1290. The molecule has 1 unspecified atom stereocenters. The Morgan fingerprint density at radius 3 is 2.58 bits per heavy atom. The molecule has 0 spiro atoms. The highest BCUT2D eigenvalue weighted by Gasteiger charge is 2.46. The predicted octanol–water partition coefficient (Wildman–Crippen LogP) is 4.60. The summed E-state index contributed by atoms with van der Waals surface area (Å²) in [7, 11) is 1.41. The first-order valence-electron chi connectivity index (χ1n) is 11.7. The molecule has 8 nitrogen and oxygen atoms in total. The molecule has 1 amide bonds. The highest BCUT2D eigenvalue weighted by atomic mass is 16.5. The van der Waals surface area contributed by atoms with Crippen LogP contribution in [-0.2, 0) is 16.1 Å². The van der Waals surface area contributed by atoms with Gasteiger partial charge in [0.1, 0.15) is 11.5 Å². The summed E-state index contributed by atoms with van der Waals surface area (Å²) < 4.78 is 11.0. The second-order valence-electron chi connectivity index (χ2n) is 8.44. The number of carbonyl (C=O) groups is 2. The molecule has 1 aliphatic heterocycles. The molecule has 1 aromatic heterocycles. The fraction of sp³-hybridized carbons (Fsp3) is 0.250. The number of phenols is 1. The standard InChI is InChI=1S/C28H28N2O6/c1-3-4-14-36-21-7-5-6-20(15-21)26(32)24-25(19-8-9-22(31)23(16-19)35-2)30(28(34)27(24)33)17-18-10-12-29-13-11-18/h5-13,15-16,25,31-32H,3-4,14,17H2,1-2H3/b26-24+. The Kier molecular flexibility index (Phi) is 7.53. The smallest absolute Gasteiger partial charge is 0.295 e. The summed E-state index contributed by atoms with van der Waals surface area (Å²) >= 11 is 0.